The number of hydrogen-bond acceptors (Lipinski definition) is 5. The highest BCUT2D eigenvalue weighted by molar-refractivity contribution is 6.53. The summed E-state index contributed by atoms with van der Waals surface area (Å²) < 4.78 is 5.52. The van der Waals surface area contributed by atoms with Gasteiger partial charge in [0, 0.05) is 24.4 Å². The first-order chi connectivity index (χ1) is 15.3. The molecule has 4 rings (SSSR count). The van der Waals surface area contributed by atoms with Crippen molar-refractivity contribution in [1.82, 2.24) is 5.32 Å². The second kappa shape index (κ2) is 9.14. The van der Waals surface area contributed by atoms with Gasteiger partial charge in [0.1, 0.15) is 10.7 Å². The number of carbonyl (C=O) groups is 3. The van der Waals surface area contributed by atoms with Crippen molar-refractivity contribution in [2.75, 3.05) is 23.4 Å². The molecule has 2 aliphatic heterocycles. The first-order valence-electron chi connectivity index (χ1n) is 10.5. The van der Waals surface area contributed by atoms with Crippen molar-refractivity contribution in [2.45, 2.75) is 32.8 Å². The molecule has 1 saturated heterocycles. The number of aryl methyl sites for hydroxylation is 2. The van der Waals surface area contributed by atoms with Crippen LogP contribution in [0.4, 0.5) is 11.4 Å². The minimum atomic E-state index is -0.586. The normalized spacial score (nSPS) is 18.5. The molecule has 2 heterocycles. The zero-order valence-corrected chi connectivity index (χ0v) is 18.7. The van der Waals surface area contributed by atoms with E-state index in [1.165, 1.54) is 0 Å². The summed E-state index contributed by atoms with van der Waals surface area (Å²) >= 11 is 6.24. The third-order valence-electron chi connectivity index (χ3n) is 5.53. The van der Waals surface area contributed by atoms with Gasteiger partial charge in [-0.2, -0.15) is 0 Å². The van der Waals surface area contributed by atoms with E-state index in [9.17, 15) is 14.4 Å². The van der Waals surface area contributed by atoms with E-state index in [0.29, 0.717) is 23.5 Å². The number of amides is 3. The summed E-state index contributed by atoms with van der Waals surface area (Å²) in [5, 5.41) is 5.60. The van der Waals surface area contributed by atoms with Gasteiger partial charge in [-0.15, -0.1) is 0 Å². The van der Waals surface area contributed by atoms with Crippen LogP contribution in [0.3, 0.4) is 0 Å². The second-order valence-corrected chi connectivity index (χ2v) is 8.35. The molecule has 2 N–H and O–H groups in total. The minimum Gasteiger partial charge on any atom is -0.376 e. The monoisotopic (exact) mass is 453 g/mol. The van der Waals surface area contributed by atoms with E-state index in [1.807, 2.05) is 26.0 Å². The van der Waals surface area contributed by atoms with Gasteiger partial charge in [0.05, 0.1) is 11.8 Å². The predicted molar refractivity (Wildman–Crippen MR) is 123 cm³/mol. The molecule has 2 aromatic rings. The van der Waals surface area contributed by atoms with Crippen molar-refractivity contribution < 1.29 is 19.1 Å². The van der Waals surface area contributed by atoms with Gasteiger partial charge in [0.2, 0.25) is 0 Å². The van der Waals surface area contributed by atoms with Gasteiger partial charge in [0.25, 0.3) is 17.7 Å². The highest BCUT2D eigenvalue weighted by Crippen LogP contribution is 2.32. The second-order valence-electron chi connectivity index (χ2n) is 7.98. The molecule has 0 aromatic heterocycles. The van der Waals surface area contributed by atoms with Crippen LogP contribution in [0.2, 0.25) is 0 Å². The average molecular weight is 454 g/mol. The Morgan fingerprint density at radius 2 is 1.97 bits per heavy atom. The van der Waals surface area contributed by atoms with Crippen LogP contribution in [0.25, 0.3) is 0 Å². The summed E-state index contributed by atoms with van der Waals surface area (Å²) in [5.74, 6) is -1.37. The van der Waals surface area contributed by atoms with E-state index in [1.54, 1.807) is 30.3 Å². The van der Waals surface area contributed by atoms with Crippen LogP contribution in [-0.2, 0) is 14.3 Å². The Hall–Kier alpha value is -3.16. The fourth-order valence-corrected chi connectivity index (χ4v) is 4.10. The van der Waals surface area contributed by atoms with Gasteiger partial charge < -0.3 is 15.4 Å². The van der Waals surface area contributed by atoms with Gasteiger partial charge in [0.15, 0.2) is 0 Å². The molecule has 2 aromatic carbocycles. The fraction of sp³-hybridized carbons (Fsp3) is 0.292. The number of nitrogens with one attached hydrogen (secondary N) is 2. The molecule has 7 nitrogen and oxygen atoms in total. The molecule has 0 bridgehead atoms. The first kappa shape index (κ1) is 22.0. The molecule has 3 amide bonds. The molecule has 1 unspecified atom stereocenters. The van der Waals surface area contributed by atoms with E-state index in [4.69, 9.17) is 16.3 Å². The largest absolute Gasteiger partial charge is 0.376 e. The maximum absolute atomic E-state index is 13.0. The topological polar surface area (TPSA) is 87.7 Å². The summed E-state index contributed by atoms with van der Waals surface area (Å²) in [4.78, 5) is 39.4. The number of nitrogens with zero attached hydrogens (tertiary/aromatic N) is 1. The van der Waals surface area contributed by atoms with Crippen LogP contribution < -0.4 is 15.5 Å². The number of carbonyl (C=O) groups excluding carboxylic acids is 3. The average Bonchev–Trinajstić information content (AvgIpc) is 3.36. The lowest BCUT2D eigenvalue weighted by Crippen LogP contribution is -2.33. The molecule has 0 saturated carbocycles. The van der Waals surface area contributed by atoms with Crippen molar-refractivity contribution in [1.29, 1.82) is 0 Å². The number of hydrogen-bond donors (Lipinski definition) is 2. The van der Waals surface area contributed by atoms with Crippen LogP contribution in [0.5, 0.6) is 0 Å². The van der Waals surface area contributed by atoms with Crippen molar-refractivity contribution in [3.8, 4) is 0 Å². The third kappa shape index (κ3) is 4.40. The highest BCUT2D eigenvalue weighted by Gasteiger charge is 2.39. The maximum Gasteiger partial charge on any atom is 0.283 e. The van der Waals surface area contributed by atoms with Gasteiger partial charge in [-0.3, -0.25) is 14.4 Å². The zero-order valence-electron chi connectivity index (χ0n) is 17.9. The van der Waals surface area contributed by atoms with E-state index in [0.717, 1.165) is 35.5 Å². The highest BCUT2D eigenvalue weighted by atomic mass is 35.5. The van der Waals surface area contributed by atoms with E-state index >= 15 is 0 Å². The van der Waals surface area contributed by atoms with Crippen LogP contribution >= 0.6 is 11.6 Å². The quantitative estimate of drug-likeness (QED) is 0.652. The molecular weight excluding hydrogens is 430 g/mol. The fourth-order valence-electron chi connectivity index (χ4n) is 3.88. The number of ether oxygens (including phenoxy) is 1. The third-order valence-corrected chi connectivity index (χ3v) is 5.88. The smallest absolute Gasteiger partial charge is 0.283 e. The number of anilines is 2. The molecule has 0 spiro atoms. The number of benzene rings is 2. The molecular formula is C24H24ClN3O4. The Bertz CT molecular complexity index is 1120. The van der Waals surface area contributed by atoms with Gasteiger partial charge in [-0.1, -0.05) is 35.4 Å². The Balaban J connectivity index is 1.49. The summed E-state index contributed by atoms with van der Waals surface area (Å²) in [6.07, 6.45) is 1.98. The lowest BCUT2D eigenvalue weighted by molar-refractivity contribution is -0.120. The van der Waals surface area contributed by atoms with Gasteiger partial charge in [-0.25, -0.2) is 4.90 Å². The number of rotatable bonds is 6. The van der Waals surface area contributed by atoms with E-state index in [-0.39, 0.29) is 22.7 Å². The number of imide groups is 1. The predicted octanol–water partition coefficient (Wildman–Crippen LogP) is 3.65. The number of halogens is 1. The van der Waals surface area contributed by atoms with Crippen LogP contribution in [0.1, 0.15) is 34.3 Å². The molecule has 166 valence electrons. The van der Waals surface area contributed by atoms with Crippen LogP contribution in [0.15, 0.2) is 53.2 Å². The van der Waals surface area contributed by atoms with Crippen molar-refractivity contribution in [3.05, 3.63) is 69.9 Å². The van der Waals surface area contributed by atoms with Gasteiger partial charge in [-0.05, 0) is 56.5 Å². The lowest BCUT2D eigenvalue weighted by Gasteiger charge is -2.18. The molecule has 0 aliphatic carbocycles. The lowest BCUT2D eigenvalue weighted by atomic mass is 10.1. The molecule has 0 radical (unpaired) electrons. The Morgan fingerprint density at radius 1 is 1.16 bits per heavy atom. The van der Waals surface area contributed by atoms with Crippen LogP contribution in [-0.4, -0.2) is 37.0 Å². The summed E-state index contributed by atoms with van der Waals surface area (Å²) in [5.41, 5.74) is 3.19. The zero-order chi connectivity index (χ0) is 22.8. The van der Waals surface area contributed by atoms with Crippen LogP contribution in [0, 0.1) is 13.8 Å². The van der Waals surface area contributed by atoms with E-state index < -0.39 is 11.8 Å². The maximum atomic E-state index is 13.0. The molecule has 1 atom stereocenters. The molecule has 2 aliphatic rings. The first-order valence-corrected chi connectivity index (χ1v) is 10.9. The summed E-state index contributed by atoms with van der Waals surface area (Å²) in [6.45, 7) is 4.94. The molecule has 8 heteroatoms. The summed E-state index contributed by atoms with van der Waals surface area (Å²) in [6, 6.07) is 12.1. The van der Waals surface area contributed by atoms with Crippen molar-refractivity contribution in [2.24, 2.45) is 0 Å². The summed E-state index contributed by atoms with van der Waals surface area (Å²) in [7, 11) is 0. The Labute approximate surface area is 191 Å². The Kier molecular flexibility index (Phi) is 6.30. The Morgan fingerprint density at radius 3 is 2.69 bits per heavy atom. The SMILES string of the molecule is Cc1ccc(N2C(=O)C(Cl)=C(Nc3cccc(C(=O)NCC4CCCO4)c3)C2=O)c(C)c1. The van der Waals surface area contributed by atoms with E-state index in [2.05, 4.69) is 10.6 Å². The van der Waals surface area contributed by atoms with Crippen molar-refractivity contribution in [3.63, 3.8) is 0 Å². The van der Waals surface area contributed by atoms with Gasteiger partial charge >= 0.3 is 0 Å². The minimum absolute atomic E-state index is 0.0199. The molecule has 1 fully saturated rings. The standard InChI is InChI=1S/C24H24ClN3O4/c1-14-8-9-19(15(2)11-14)28-23(30)20(25)21(24(28)31)27-17-6-3-5-16(12-17)22(29)26-13-18-7-4-10-32-18/h3,5-6,8-9,11-12,18,27H,4,7,10,13H2,1-2H3,(H,26,29). The molecule has 32 heavy (non-hydrogen) atoms. The van der Waals surface area contributed by atoms with Crippen molar-refractivity contribution >= 4 is 40.7 Å².